The third-order valence-corrected chi connectivity index (χ3v) is 1.75. The molecule has 0 fully saturated rings. The molecule has 51 valence electrons. The number of nitrogens with one attached hydrogen (secondary N) is 1. The van der Waals surface area contributed by atoms with E-state index in [4.69, 9.17) is 0 Å². The third kappa shape index (κ3) is 0.856. The monoisotopic (exact) mass is 133 g/mol. The van der Waals surface area contributed by atoms with Gasteiger partial charge in [0.15, 0.2) is 0 Å². The summed E-state index contributed by atoms with van der Waals surface area (Å²) in [5, 5.41) is 3.22. The van der Waals surface area contributed by atoms with E-state index in [9.17, 15) is 0 Å². The first-order valence-electron chi connectivity index (χ1n) is 3.57. The lowest BCUT2D eigenvalue weighted by atomic mass is 10.1. The fourth-order valence-corrected chi connectivity index (χ4v) is 1.23. The number of hydrogen-bond acceptors (Lipinski definition) is 2. The number of rotatable bonds is 0. The van der Waals surface area contributed by atoms with Crippen LogP contribution in [-0.4, -0.2) is 11.5 Å². The maximum Gasteiger partial charge on any atom is 0.129 e. The Morgan fingerprint density at radius 1 is 1.60 bits per heavy atom. The van der Waals surface area contributed by atoms with Gasteiger partial charge in [-0.2, -0.15) is 0 Å². The number of aromatic nitrogens is 1. The summed E-state index contributed by atoms with van der Waals surface area (Å²) >= 11 is 0. The predicted molar refractivity (Wildman–Crippen MR) is 39.9 cm³/mol. The summed E-state index contributed by atoms with van der Waals surface area (Å²) in [5.41, 5.74) is 1.32. The van der Waals surface area contributed by atoms with Gasteiger partial charge in [0.1, 0.15) is 5.82 Å². The second-order valence-electron chi connectivity index (χ2n) is 2.48. The van der Waals surface area contributed by atoms with E-state index in [2.05, 4.69) is 22.6 Å². The first kappa shape index (κ1) is 5.71. The van der Waals surface area contributed by atoms with Gasteiger partial charge >= 0.3 is 0 Å². The van der Waals surface area contributed by atoms with E-state index in [0.717, 1.165) is 18.8 Å². The molecule has 1 radical (unpaired) electrons. The molecule has 1 N–H and O–H groups in total. The molecule has 0 saturated heterocycles. The molecule has 2 rings (SSSR count). The van der Waals surface area contributed by atoms with E-state index < -0.39 is 0 Å². The molecule has 0 aliphatic carbocycles. The van der Waals surface area contributed by atoms with Crippen molar-refractivity contribution in [3.05, 3.63) is 23.9 Å². The van der Waals surface area contributed by atoms with Crippen LogP contribution in [0.1, 0.15) is 12.0 Å². The summed E-state index contributed by atoms with van der Waals surface area (Å²) in [5.74, 6) is 1.02. The van der Waals surface area contributed by atoms with Gasteiger partial charge < -0.3 is 5.32 Å². The van der Waals surface area contributed by atoms with Crippen molar-refractivity contribution in [2.24, 2.45) is 0 Å². The quantitative estimate of drug-likeness (QED) is 0.576. The fourth-order valence-electron chi connectivity index (χ4n) is 1.23. The third-order valence-electron chi connectivity index (χ3n) is 1.75. The predicted octanol–water partition coefficient (Wildman–Crippen LogP) is 1.24. The fraction of sp³-hybridized carbons (Fsp3) is 0.375. The van der Waals surface area contributed by atoms with E-state index in [1.165, 1.54) is 12.0 Å². The number of anilines is 1. The molecule has 2 heterocycles. The average Bonchev–Trinajstić information content (AvgIpc) is 2.05. The molecule has 1 aliphatic heterocycles. The van der Waals surface area contributed by atoms with Crippen molar-refractivity contribution < 1.29 is 0 Å². The SMILES string of the molecule is [c]1ccc2c(n1)NCCC2. The molecule has 2 heteroatoms. The van der Waals surface area contributed by atoms with Crippen LogP contribution in [0.25, 0.3) is 0 Å². The second-order valence-corrected chi connectivity index (χ2v) is 2.48. The molecule has 0 spiro atoms. The van der Waals surface area contributed by atoms with Crippen LogP contribution in [0.5, 0.6) is 0 Å². The highest BCUT2D eigenvalue weighted by atomic mass is 15.0. The molecule has 1 aromatic rings. The minimum Gasteiger partial charge on any atom is -0.370 e. The van der Waals surface area contributed by atoms with E-state index in [-0.39, 0.29) is 0 Å². The maximum absolute atomic E-state index is 4.08. The topological polar surface area (TPSA) is 24.9 Å². The van der Waals surface area contributed by atoms with Gasteiger partial charge in [0.25, 0.3) is 0 Å². The number of aryl methyl sites for hydroxylation is 1. The molecule has 0 atom stereocenters. The number of nitrogens with zero attached hydrogens (tertiary/aromatic N) is 1. The lowest BCUT2D eigenvalue weighted by Gasteiger charge is -2.14. The molecule has 2 nitrogen and oxygen atoms in total. The lowest BCUT2D eigenvalue weighted by molar-refractivity contribution is 0.817. The minimum atomic E-state index is 1.02. The summed E-state index contributed by atoms with van der Waals surface area (Å²) < 4.78 is 0. The molecule has 1 aliphatic rings. The molecule has 10 heavy (non-hydrogen) atoms. The van der Waals surface area contributed by atoms with Gasteiger partial charge in [-0.25, -0.2) is 4.98 Å². The van der Waals surface area contributed by atoms with Gasteiger partial charge in [-0.3, -0.25) is 0 Å². The number of hydrogen-bond donors (Lipinski definition) is 1. The smallest absolute Gasteiger partial charge is 0.129 e. The maximum atomic E-state index is 4.08. The van der Waals surface area contributed by atoms with Crippen molar-refractivity contribution in [3.8, 4) is 0 Å². The van der Waals surface area contributed by atoms with Crippen molar-refractivity contribution in [1.82, 2.24) is 4.98 Å². The van der Waals surface area contributed by atoms with Gasteiger partial charge in [0, 0.05) is 6.54 Å². The van der Waals surface area contributed by atoms with Crippen LogP contribution >= 0.6 is 0 Å². The number of pyridine rings is 1. The summed E-state index contributed by atoms with van der Waals surface area (Å²) in [6.45, 7) is 1.05. The average molecular weight is 133 g/mol. The van der Waals surface area contributed by atoms with E-state index >= 15 is 0 Å². The van der Waals surface area contributed by atoms with Crippen LogP contribution in [-0.2, 0) is 6.42 Å². The molecular formula is C8H9N2. The summed E-state index contributed by atoms with van der Waals surface area (Å²) in [4.78, 5) is 4.08. The van der Waals surface area contributed by atoms with Crippen molar-refractivity contribution in [3.63, 3.8) is 0 Å². The zero-order valence-corrected chi connectivity index (χ0v) is 5.72. The molecular weight excluding hydrogens is 124 g/mol. The highest BCUT2D eigenvalue weighted by molar-refractivity contribution is 5.45. The molecule has 0 amide bonds. The first-order chi connectivity index (χ1) is 4.97. The van der Waals surface area contributed by atoms with Crippen molar-refractivity contribution in [2.75, 3.05) is 11.9 Å². The van der Waals surface area contributed by atoms with Gasteiger partial charge in [-0.15, -0.1) is 0 Å². The molecule has 0 unspecified atom stereocenters. The Morgan fingerprint density at radius 3 is 3.50 bits per heavy atom. The van der Waals surface area contributed by atoms with Gasteiger partial charge in [0.05, 0.1) is 6.20 Å². The zero-order valence-electron chi connectivity index (χ0n) is 5.72. The van der Waals surface area contributed by atoms with Gasteiger partial charge in [-0.1, -0.05) is 6.07 Å². The van der Waals surface area contributed by atoms with Crippen LogP contribution in [0.15, 0.2) is 12.1 Å². The van der Waals surface area contributed by atoms with E-state index in [0.29, 0.717) is 0 Å². The Labute approximate surface area is 60.3 Å². The Balaban J connectivity index is 2.41. The Kier molecular flexibility index (Phi) is 1.31. The number of fused-ring (bicyclic) bond motifs is 1. The normalized spacial score (nSPS) is 15.6. The molecule has 1 aromatic heterocycles. The Hall–Kier alpha value is -1.05. The molecule has 0 saturated carbocycles. The minimum absolute atomic E-state index is 1.02. The van der Waals surface area contributed by atoms with Crippen LogP contribution in [0.3, 0.4) is 0 Å². The summed E-state index contributed by atoms with van der Waals surface area (Å²) in [6.07, 6.45) is 5.19. The summed E-state index contributed by atoms with van der Waals surface area (Å²) in [7, 11) is 0. The van der Waals surface area contributed by atoms with Crippen molar-refractivity contribution in [1.29, 1.82) is 0 Å². The highest BCUT2D eigenvalue weighted by Gasteiger charge is 2.06. The van der Waals surface area contributed by atoms with Crippen LogP contribution in [0, 0.1) is 6.20 Å². The second kappa shape index (κ2) is 2.29. The lowest BCUT2D eigenvalue weighted by Crippen LogP contribution is -2.12. The summed E-state index contributed by atoms with van der Waals surface area (Å²) in [6, 6.07) is 3.94. The highest BCUT2D eigenvalue weighted by Crippen LogP contribution is 2.16. The van der Waals surface area contributed by atoms with E-state index in [1.54, 1.807) is 0 Å². The van der Waals surface area contributed by atoms with Crippen molar-refractivity contribution in [2.45, 2.75) is 12.8 Å². The van der Waals surface area contributed by atoms with Crippen LogP contribution < -0.4 is 5.32 Å². The first-order valence-corrected chi connectivity index (χ1v) is 3.57. The zero-order chi connectivity index (χ0) is 6.81. The Morgan fingerprint density at radius 2 is 2.60 bits per heavy atom. The standard InChI is InChI=1S/C8H9N2/c1-3-7-4-2-6-10-8(7)9-5-1/h1,3H,2,4,6H2,(H,9,10). The Bertz CT molecular complexity index is 207. The van der Waals surface area contributed by atoms with Crippen LogP contribution in [0.4, 0.5) is 5.82 Å². The largest absolute Gasteiger partial charge is 0.370 e. The van der Waals surface area contributed by atoms with E-state index in [1.807, 2.05) is 6.07 Å². The van der Waals surface area contributed by atoms with Gasteiger partial charge in [-0.05, 0) is 24.5 Å². The molecule has 0 bridgehead atoms. The van der Waals surface area contributed by atoms with Crippen molar-refractivity contribution >= 4 is 5.82 Å². The molecule has 0 aromatic carbocycles. The van der Waals surface area contributed by atoms with Crippen LogP contribution in [0.2, 0.25) is 0 Å². The van der Waals surface area contributed by atoms with Gasteiger partial charge in [0.2, 0.25) is 0 Å².